The van der Waals surface area contributed by atoms with Crippen LogP contribution >= 0.6 is 0 Å². The molecule has 104 valence electrons. The summed E-state index contributed by atoms with van der Waals surface area (Å²) in [6.07, 6.45) is 3.61. The number of nitrogens with zero attached hydrogens (tertiary/aromatic N) is 1. The molecule has 0 bridgehead atoms. The molecule has 0 spiro atoms. The molecule has 0 amide bonds. The maximum atomic E-state index is 10.2. The van der Waals surface area contributed by atoms with Gasteiger partial charge in [0.1, 0.15) is 0 Å². The molecule has 1 heterocycles. The van der Waals surface area contributed by atoms with Gasteiger partial charge in [-0.1, -0.05) is 13.3 Å². The van der Waals surface area contributed by atoms with E-state index in [0.29, 0.717) is 6.42 Å². The summed E-state index contributed by atoms with van der Waals surface area (Å²) in [5.74, 6) is -4.68. The molecular weight excluding hydrogens is 254 g/mol. The van der Waals surface area contributed by atoms with Gasteiger partial charge in [0.25, 0.3) is 0 Å². The second-order valence-electron chi connectivity index (χ2n) is 3.56. The van der Waals surface area contributed by atoms with Gasteiger partial charge in [-0.15, -0.1) is 0 Å². The van der Waals surface area contributed by atoms with Gasteiger partial charge in [-0.05, 0) is 18.6 Å². The highest BCUT2D eigenvalue weighted by atomic mass is 16.4. The molecular formula is C12H15NO6. The fourth-order valence-corrected chi connectivity index (χ4v) is 1.13. The largest absolute Gasteiger partial charge is 0.481 e. The third-order valence-corrected chi connectivity index (χ3v) is 2.08. The van der Waals surface area contributed by atoms with Gasteiger partial charge in [-0.2, -0.15) is 0 Å². The zero-order valence-corrected chi connectivity index (χ0v) is 10.3. The summed E-state index contributed by atoms with van der Waals surface area (Å²) in [7, 11) is 0. The zero-order valence-electron chi connectivity index (χ0n) is 10.3. The first-order valence-corrected chi connectivity index (χ1v) is 5.49. The van der Waals surface area contributed by atoms with E-state index in [2.05, 4.69) is 4.98 Å². The van der Waals surface area contributed by atoms with Crippen molar-refractivity contribution in [3.05, 3.63) is 30.1 Å². The number of rotatable bonds is 5. The van der Waals surface area contributed by atoms with E-state index < -0.39 is 23.8 Å². The lowest BCUT2D eigenvalue weighted by Crippen LogP contribution is -2.22. The Hall–Kier alpha value is -2.44. The number of carbonyl (C=O) groups is 3. The first-order chi connectivity index (χ1) is 8.90. The predicted molar refractivity (Wildman–Crippen MR) is 64.9 cm³/mol. The SMILES string of the molecule is CCCC(C(=O)O)C(=O)O.O=C(O)c1cccnc1. The highest BCUT2D eigenvalue weighted by molar-refractivity contribution is 5.92. The van der Waals surface area contributed by atoms with Crippen LogP contribution in [0.25, 0.3) is 0 Å². The lowest BCUT2D eigenvalue weighted by molar-refractivity contribution is -0.154. The number of aromatic carboxylic acids is 1. The number of aromatic nitrogens is 1. The second-order valence-corrected chi connectivity index (χ2v) is 3.56. The average Bonchev–Trinajstić information content (AvgIpc) is 2.37. The minimum absolute atomic E-state index is 0.199. The van der Waals surface area contributed by atoms with Crippen LogP contribution in [0.15, 0.2) is 24.5 Å². The summed E-state index contributed by atoms with van der Waals surface area (Å²) in [5, 5.41) is 24.9. The quantitative estimate of drug-likeness (QED) is 0.689. The molecule has 0 aromatic carbocycles. The maximum absolute atomic E-state index is 10.2. The normalized spacial score (nSPS) is 9.37. The standard InChI is InChI=1S/C6H5NO2.C6H10O4/c8-6(9)5-2-1-3-7-4-5;1-2-3-4(5(7)8)6(9)10/h1-4H,(H,8,9);4H,2-3H2,1H3,(H,7,8)(H,9,10). The molecule has 0 aliphatic rings. The molecule has 0 aliphatic carbocycles. The van der Waals surface area contributed by atoms with Crippen LogP contribution in [0.4, 0.5) is 0 Å². The maximum Gasteiger partial charge on any atom is 0.337 e. The molecule has 0 saturated carbocycles. The van der Waals surface area contributed by atoms with Crippen molar-refractivity contribution in [1.29, 1.82) is 0 Å². The molecule has 19 heavy (non-hydrogen) atoms. The highest BCUT2D eigenvalue weighted by Crippen LogP contribution is 2.05. The van der Waals surface area contributed by atoms with E-state index in [-0.39, 0.29) is 12.0 Å². The van der Waals surface area contributed by atoms with Crippen molar-refractivity contribution in [3.8, 4) is 0 Å². The Kier molecular flexibility index (Phi) is 7.51. The van der Waals surface area contributed by atoms with Gasteiger partial charge in [0.15, 0.2) is 5.92 Å². The first-order valence-electron chi connectivity index (χ1n) is 5.49. The number of aliphatic carboxylic acids is 2. The Labute approximate surface area is 109 Å². The van der Waals surface area contributed by atoms with Crippen LogP contribution in [0, 0.1) is 5.92 Å². The van der Waals surface area contributed by atoms with Crippen LogP contribution < -0.4 is 0 Å². The van der Waals surface area contributed by atoms with E-state index in [1.54, 1.807) is 13.0 Å². The first kappa shape index (κ1) is 16.6. The molecule has 0 atom stereocenters. The predicted octanol–water partition coefficient (Wildman–Crippen LogP) is 1.35. The molecule has 0 aliphatic heterocycles. The van der Waals surface area contributed by atoms with Crippen LogP contribution in [0.2, 0.25) is 0 Å². The van der Waals surface area contributed by atoms with Crippen LogP contribution in [0.5, 0.6) is 0 Å². The van der Waals surface area contributed by atoms with Gasteiger partial charge < -0.3 is 15.3 Å². The minimum atomic E-state index is -1.26. The Morgan fingerprint density at radius 1 is 1.21 bits per heavy atom. The van der Waals surface area contributed by atoms with Crippen molar-refractivity contribution in [3.63, 3.8) is 0 Å². The van der Waals surface area contributed by atoms with Crippen molar-refractivity contribution in [2.75, 3.05) is 0 Å². The topological polar surface area (TPSA) is 125 Å². The van der Waals surface area contributed by atoms with Crippen LogP contribution in [0.1, 0.15) is 30.1 Å². The molecule has 0 unspecified atom stereocenters. The molecule has 3 N–H and O–H groups in total. The van der Waals surface area contributed by atoms with Gasteiger partial charge in [0.05, 0.1) is 5.56 Å². The fraction of sp³-hybridized carbons (Fsp3) is 0.333. The van der Waals surface area contributed by atoms with Crippen molar-refractivity contribution < 1.29 is 29.7 Å². The van der Waals surface area contributed by atoms with E-state index in [1.165, 1.54) is 18.5 Å². The summed E-state index contributed by atoms with van der Waals surface area (Å²) in [6.45, 7) is 1.75. The van der Waals surface area contributed by atoms with E-state index in [9.17, 15) is 14.4 Å². The van der Waals surface area contributed by atoms with E-state index >= 15 is 0 Å². The molecule has 7 heteroatoms. The molecule has 1 aromatic heterocycles. The van der Waals surface area contributed by atoms with Crippen LogP contribution in [-0.4, -0.2) is 38.2 Å². The summed E-state index contributed by atoms with van der Waals surface area (Å²) >= 11 is 0. The number of hydrogen-bond acceptors (Lipinski definition) is 4. The smallest absolute Gasteiger partial charge is 0.337 e. The average molecular weight is 269 g/mol. The molecule has 1 rings (SSSR count). The summed E-state index contributed by atoms with van der Waals surface area (Å²) < 4.78 is 0. The van der Waals surface area contributed by atoms with Gasteiger partial charge in [0.2, 0.25) is 0 Å². The summed E-state index contributed by atoms with van der Waals surface area (Å²) in [6, 6.07) is 3.08. The monoisotopic (exact) mass is 269 g/mol. The zero-order chi connectivity index (χ0) is 14.8. The highest BCUT2D eigenvalue weighted by Gasteiger charge is 2.23. The lowest BCUT2D eigenvalue weighted by atomic mass is 10.1. The van der Waals surface area contributed by atoms with Crippen LogP contribution in [0.3, 0.4) is 0 Å². The van der Waals surface area contributed by atoms with E-state index in [4.69, 9.17) is 15.3 Å². The summed E-state index contributed by atoms with van der Waals surface area (Å²) in [5.41, 5.74) is 0.220. The summed E-state index contributed by atoms with van der Waals surface area (Å²) in [4.78, 5) is 34.1. The third-order valence-electron chi connectivity index (χ3n) is 2.08. The van der Waals surface area contributed by atoms with Gasteiger partial charge in [-0.25, -0.2) is 4.79 Å². The Morgan fingerprint density at radius 3 is 2.00 bits per heavy atom. The minimum Gasteiger partial charge on any atom is -0.481 e. The number of hydrogen-bond donors (Lipinski definition) is 3. The van der Waals surface area contributed by atoms with E-state index in [0.717, 1.165) is 0 Å². The van der Waals surface area contributed by atoms with Crippen LogP contribution in [-0.2, 0) is 9.59 Å². The van der Waals surface area contributed by atoms with Gasteiger partial charge in [0, 0.05) is 12.4 Å². The second kappa shape index (κ2) is 8.62. The number of pyridine rings is 1. The fourth-order valence-electron chi connectivity index (χ4n) is 1.13. The lowest BCUT2D eigenvalue weighted by Gasteiger charge is -2.02. The molecule has 0 saturated heterocycles. The molecule has 1 aromatic rings. The Morgan fingerprint density at radius 2 is 1.79 bits per heavy atom. The van der Waals surface area contributed by atoms with Crippen molar-refractivity contribution in [2.45, 2.75) is 19.8 Å². The Balaban J connectivity index is 0.000000342. The number of carboxylic acid groups (broad SMARTS) is 3. The number of carboxylic acids is 3. The van der Waals surface area contributed by atoms with E-state index in [1.807, 2.05) is 0 Å². The molecule has 7 nitrogen and oxygen atoms in total. The van der Waals surface area contributed by atoms with Crippen molar-refractivity contribution in [1.82, 2.24) is 4.98 Å². The Bertz CT molecular complexity index is 417. The van der Waals surface area contributed by atoms with Gasteiger partial charge in [-0.3, -0.25) is 14.6 Å². The van der Waals surface area contributed by atoms with Crippen molar-refractivity contribution in [2.24, 2.45) is 5.92 Å². The third kappa shape index (κ3) is 6.77. The van der Waals surface area contributed by atoms with Gasteiger partial charge >= 0.3 is 17.9 Å². The molecule has 0 radical (unpaired) electrons. The van der Waals surface area contributed by atoms with Crippen molar-refractivity contribution >= 4 is 17.9 Å². The molecule has 0 fully saturated rings.